The molecule has 0 saturated heterocycles. The molecule has 2 heterocycles. The first kappa shape index (κ1) is 16.4. The molecular weight excluding hydrogens is 398 g/mol. The number of nitrogens with one attached hydrogen (secondary N) is 1. The van der Waals surface area contributed by atoms with Crippen molar-refractivity contribution in [2.24, 2.45) is 4.99 Å². The van der Waals surface area contributed by atoms with Crippen molar-refractivity contribution in [3.8, 4) is 11.4 Å². The summed E-state index contributed by atoms with van der Waals surface area (Å²) in [5.74, 6) is 2.39. The van der Waals surface area contributed by atoms with E-state index >= 15 is 0 Å². The Morgan fingerprint density at radius 3 is 2.84 bits per heavy atom. The third-order valence-corrected chi connectivity index (χ3v) is 5.58. The van der Waals surface area contributed by atoms with Crippen LogP contribution < -0.4 is 5.43 Å². The predicted octanol–water partition coefficient (Wildman–Crippen LogP) is 4.70. The molecule has 0 fully saturated rings. The highest BCUT2D eigenvalue weighted by Crippen LogP contribution is 2.31. The number of hydrogen-bond acceptors (Lipinski definition) is 4. The van der Waals surface area contributed by atoms with Gasteiger partial charge in [0.15, 0.2) is 5.82 Å². The number of thioether (sulfide) groups is 1. The van der Waals surface area contributed by atoms with Crippen LogP contribution in [-0.2, 0) is 0 Å². The van der Waals surface area contributed by atoms with Gasteiger partial charge in [0.1, 0.15) is 5.84 Å². The lowest BCUT2D eigenvalue weighted by Crippen LogP contribution is -2.30. The number of rotatable bonds is 2. The average molecular weight is 414 g/mol. The maximum absolute atomic E-state index is 4.81. The Bertz CT molecular complexity index is 979. The zero-order valence-corrected chi connectivity index (χ0v) is 16.2. The van der Waals surface area contributed by atoms with E-state index in [2.05, 4.69) is 63.6 Å². The van der Waals surface area contributed by atoms with E-state index in [0.29, 0.717) is 0 Å². The number of aromatic nitrogens is 3. The molecule has 0 radical (unpaired) electrons. The molecule has 7 heteroatoms. The summed E-state index contributed by atoms with van der Waals surface area (Å²) in [5, 5.41) is 9.47. The van der Waals surface area contributed by atoms with Gasteiger partial charge in [0.2, 0.25) is 5.16 Å². The molecule has 0 atom stereocenters. The van der Waals surface area contributed by atoms with E-state index in [0.717, 1.165) is 43.9 Å². The summed E-state index contributed by atoms with van der Waals surface area (Å²) in [6.07, 6.45) is 0. The van der Waals surface area contributed by atoms with Gasteiger partial charge in [0, 0.05) is 10.0 Å². The van der Waals surface area contributed by atoms with Gasteiger partial charge in [-0.15, -0.1) is 10.2 Å². The van der Waals surface area contributed by atoms with Gasteiger partial charge in [0.05, 0.1) is 11.4 Å². The first-order valence-corrected chi connectivity index (χ1v) is 9.64. The molecule has 1 N–H and O–H groups in total. The topological polar surface area (TPSA) is 55.1 Å². The maximum atomic E-state index is 4.81. The molecule has 0 aliphatic carbocycles. The van der Waals surface area contributed by atoms with Crippen molar-refractivity contribution in [2.45, 2.75) is 19.0 Å². The van der Waals surface area contributed by atoms with Crippen LogP contribution >= 0.6 is 27.7 Å². The third-order valence-electron chi connectivity index (χ3n) is 3.95. The van der Waals surface area contributed by atoms with Crippen molar-refractivity contribution in [1.29, 1.82) is 0 Å². The first-order chi connectivity index (χ1) is 12.1. The van der Waals surface area contributed by atoms with Gasteiger partial charge >= 0.3 is 0 Å². The van der Waals surface area contributed by atoms with Crippen molar-refractivity contribution in [3.63, 3.8) is 0 Å². The molecule has 0 spiro atoms. The predicted molar refractivity (Wildman–Crippen MR) is 106 cm³/mol. The summed E-state index contributed by atoms with van der Waals surface area (Å²) in [4.78, 5) is 4.81. The minimum Gasteiger partial charge on any atom is -0.276 e. The van der Waals surface area contributed by atoms with Gasteiger partial charge in [-0.3, -0.25) is 5.43 Å². The highest BCUT2D eigenvalue weighted by atomic mass is 79.9. The lowest BCUT2D eigenvalue weighted by atomic mass is 10.1. The van der Waals surface area contributed by atoms with Gasteiger partial charge in [-0.2, -0.15) is 0 Å². The molecule has 25 heavy (non-hydrogen) atoms. The number of nitrogens with zero attached hydrogens (tertiary/aromatic N) is 4. The molecule has 1 aliphatic rings. The van der Waals surface area contributed by atoms with Crippen molar-refractivity contribution < 1.29 is 0 Å². The zero-order valence-electron chi connectivity index (χ0n) is 13.8. The summed E-state index contributed by atoms with van der Waals surface area (Å²) in [6, 6.07) is 14.3. The average Bonchev–Trinajstić information content (AvgIpc) is 3.02. The van der Waals surface area contributed by atoms with Crippen LogP contribution in [0, 0.1) is 13.8 Å². The molecule has 5 nitrogen and oxygen atoms in total. The van der Waals surface area contributed by atoms with E-state index in [1.54, 1.807) is 11.8 Å². The van der Waals surface area contributed by atoms with Crippen molar-refractivity contribution in [1.82, 2.24) is 14.9 Å². The highest BCUT2D eigenvalue weighted by Gasteiger charge is 2.22. The lowest BCUT2D eigenvalue weighted by molar-refractivity contribution is 0.826. The standard InChI is InChI=1S/C18H16BrN5S/c1-11-7-8-12(2)15(9-11)20-16-10-25-18-22-21-17(24(18)23-16)13-5-3-4-6-14(13)19/h3-9H,10H2,1-2H3,(H,20,23). The van der Waals surface area contributed by atoms with Crippen LogP contribution in [0.1, 0.15) is 11.1 Å². The summed E-state index contributed by atoms with van der Waals surface area (Å²) >= 11 is 5.21. The Morgan fingerprint density at radius 1 is 1.16 bits per heavy atom. The number of halogens is 1. The minimum absolute atomic E-state index is 0.738. The van der Waals surface area contributed by atoms with Gasteiger partial charge in [-0.1, -0.05) is 52.0 Å². The molecule has 1 aliphatic heterocycles. The van der Waals surface area contributed by atoms with Crippen LogP contribution in [0.15, 0.2) is 57.1 Å². The van der Waals surface area contributed by atoms with Gasteiger partial charge < -0.3 is 0 Å². The number of amidine groups is 1. The molecule has 2 aromatic carbocycles. The van der Waals surface area contributed by atoms with E-state index in [4.69, 9.17) is 4.99 Å². The highest BCUT2D eigenvalue weighted by molar-refractivity contribution is 9.10. The number of benzene rings is 2. The van der Waals surface area contributed by atoms with Crippen LogP contribution in [0.5, 0.6) is 0 Å². The first-order valence-electron chi connectivity index (χ1n) is 7.87. The smallest absolute Gasteiger partial charge is 0.211 e. The minimum atomic E-state index is 0.738. The Labute approximate surface area is 158 Å². The van der Waals surface area contributed by atoms with E-state index in [-0.39, 0.29) is 0 Å². The van der Waals surface area contributed by atoms with Crippen molar-refractivity contribution >= 4 is 39.2 Å². The van der Waals surface area contributed by atoms with E-state index in [1.165, 1.54) is 5.56 Å². The molecule has 0 amide bonds. The van der Waals surface area contributed by atoms with Crippen molar-refractivity contribution in [3.05, 3.63) is 58.1 Å². The van der Waals surface area contributed by atoms with Crippen LogP contribution in [0.3, 0.4) is 0 Å². The fourth-order valence-corrected chi connectivity index (χ4v) is 3.83. The number of aliphatic imine (C=N–C) groups is 1. The van der Waals surface area contributed by atoms with Gasteiger partial charge in [0.25, 0.3) is 0 Å². The Balaban J connectivity index is 1.72. The maximum Gasteiger partial charge on any atom is 0.211 e. The van der Waals surface area contributed by atoms with Crippen LogP contribution in [0.25, 0.3) is 11.4 Å². The summed E-state index contributed by atoms with van der Waals surface area (Å²) < 4.78 is 2.88. The summed E-state index contributed by atoms with van der Waals surface area (Å²) in [5.41, 5.74) is 7.70. The van der Waals surface area contributed by atoms with E-state index < -0.39 is 0 Å². The molecule has 0 bridgehead atoms. The molecule has 4 rings (SSSR count). The number of hydrogen-bond donors (Lipinski definition) is 1. The molecular formula is C18H16BrN5S. The van der Waals surface area contributed by atoms with Gasteiger partial charge in [-0.25, -0.2) is 9.67 Å². The summed E-state index contributed by atoms with van der Waals surface area (Å²) in [7, 11) is 0. The molecule has 3 aromatic rings. The van der Waals surface area contributed by atoms with Crippen LogP contribution in [-0.4, -0.2) is 26.5 Å². The largest absolute Gasteiger partial charge is 0.276 e. The second kappa shape index (κ2) is 6.65. The van der Waals surface area contributed by atoms with Crippen molar-refractivity contribution in [2.75, 3.05) is 11.2 Å². The zero-order chi connectivity index (χ0) is 17.4. The molecule has 0 unspecified atom stereocenters. The monoisotopic (exact) mass is 413 g/mol. The second-order valence-electron chi connectivity index (χ2n) is 5.87. The lowest BCUT2D eigenvalue weighted by Gasteiger charge is -2.19. The number of aryl methyl sites for hydroxylation is 2. The molecule has 126 valence electrons. The molecule has 1 aromatic heterocycles. The SMILES string of the molecule is Cc1ccc(C)c(N=C2CSc3nnc(-c4ccccc4Br)n3N2)c1. The Morgan fingerprint density at radius 2 is 2.00 bits per heavy atom. The number of fused-ring (bicyclic) bond motifs is 1. The van der Waals surface area contributed by atoms with Crippen LogP contribution in [0.2, 0.25) is 0 Å². The quantitative estimate of drug-likeness (QED) is 0.660. The fourth-order valence-electron chi connectivity index (χ4n) is 2.62. The fraction of sp³-hybridized carbons (Fsp3) is 0.167. The summed E-state index contributed by atoms with van der Waals surface area (Å²) in [6.45, 7) is 4.15. The van der Waals surface area contributed by atoms with Gasteiger partial charge in [-0.05, 0) is 43.2 Å². The van der Waals surface area contributed by atoms with E-state index in [9.17, 15) is 0 Å². The second-order valence-corrected chi connectivity index (χ2v) is 7.67. The molecule has 0 saturated carbocycles. The Kier molecular flexibility index (Phi) is 4.35. The van der Waals surface area contributed by atoms with E-state index in [1.807, 2.05) is 28.9 Å². The normalized spacial score (nSPS) is 15.1. The third kappa shape index (κ3) is 3.21. The van der Waals surface area contributed by atoms with Crippen LogP contribution in [0.4, 0.5) is 5.69 Å². The Hall–Kier alpha value is -2.12.